The van der Waals surface area contributed by atoms with Crippen LogP contribution >= 0.6 is 0 Å². The molecule has 0 aliphatic rings. The number of hydrogen-bond donors (Lipinski definition) is 4. The molecule has 0 saturated heterocycles. The molecule has 0 amide bonds. The van der Waals surface area contributed by atoms with E-state index in [2.05, 4.69) is 25.3 Å². The number of carboxylic acids is 1. The summed E-state index contributed by atoms with van der Waals surface area (Å²) >= 11 is 0. The molecule has 8 nitrogen and oxygen atoms in total. The fraction of sp³-hybridized carbons (Fsp3) is 0.455. The molecule has 0 spiro atoms. The maximum absolute atomic E-state index is 11.2. The van der Waals surface area contributed by atoms with Crippen LogP contribution in [0.2, 0.25) is 0 Å². The Labute approximate surface area is 109 Å². The van der Waals surface area contributed by atoms with Gasteiger partial charge in [0, 0.05) is 0 Å². The van der Waals surface area contributed by atoms with Gasteiger partial charge >= 0.3 is 5.97 Å². The van der Waals surface area contributed by atoms with Crippen molar-refractivity contribution in [2.24, 2.45) is 5.92 Å². The first-order valence-corrected chi connectivity index (χ1v) is 5.93. The third kappa shape index (κ3) is 2.90. The van der Waals surface area contributed by atoms with Crippen LogP contribution in [0, 0.1) is 5.92 Å². The van der Waals surface area contributed by atoms with Gasteiger partial charge in [-0.2, -0.15) is 9.97 Å². The minimum absolute atomic E-state index is 0.0517. The zero-order chi connectivity index (χ0) is 14.0. The highest BCUT2D eigenvalue weighted by atomic mass is 16.4. The summed E-state index contributed by atoms with van der Waals surface area (Å²) in [5.41, 5.74) is 6.53. The van der Waals surface area contributed by atoms with E-state index in [1.54, 1.807) is 0 Å². The van der Waals surface area contributed by atoms with E-state index in [0.29, 0.717) is 23.4 Å². The van der Waals surface area contributed by atoms with Crippen molar-refractivity contribution >= 4 is 28.9 Å². The fourth-order valence-electron chi connectivity index (χ4n) is 1.81. The predicted octanol–water partition coefficient (Wildman–Crippen LogP) is 0.846. The number of anilines is 2. The van der Waals surface area contributed by atoms with E-state index in [4.69, 9.17) is 5.73 Å². The van der Waals surface area contributed by atoms with Crippen molar-refractivity contribution in [2.75, 3.05) is 11.1 Å². The number of hydrogen-bond acceptors (Lipinski definition) is 6. The summed E-state index contributed by atoms with van der Waals surface area (Å²) in [6, 6.07) is -0.735. The molecule has 5 N–H and O–H groups in total. The Morgan fingerprint density at radius 2 is 2.26 bits per heavy atom. The molecule has 2 rings (SSSR count). The molecule has 19 heavy (non-hydrogen) atoms. The lowest BCUT2D eigenvalue weighted by Gasteiger charge is -2.17. The van der Waals surface area contributed by atoms with E-state index in [9.17, 15) is 9.90 Å². The average molecular weight is 264 g/mol. The van der Waals surface area contributed by atoms with Crippen LogP contribution in [0.25, 0.3) is 11.2 Å². The molecular formula is C11H16N6O2. The van der Waals surface area contributed by atoms with Crippen LogP contribution in [0.15, 0.2) is 6.33 Å². The van der Waals surface area contributed by atoms with Crippen LogP contribution in [-0.2, 0) is 4.79 Å². The topological polar surface area (TPSA) is 130 Å². The minimum atomic E-state index is -0.932. The number of nitrogens with zero attached hydrogens (tertiary/aromatic N) is 3. The molecule has 8 heteroatoms. The van der Waals surface area contributed by atoms with Gasteiger partial charge in [0.05, 0.1) is 6.33 Å². The summed E-state index contributed by atoms with van der Waals surface area (Å²) in [7, 11) is 0. The summed E-state index contributed by atoms with van der Waals surface area (Å²) in [4.78, 5) is 26.1. The average Bonchev–Trinajstić information content (AvgIpc) is 2.75. The number of imidazole rings is 1. The largest absolute Gasteiger partial charge is 0.480 e. The van der Waals surface area contributed by atoms with E-state index in [1.165, 1.54) is 6.33 Å². The van der Waals surface area contributed by atoms with Gasteiger partial charge in [0.15, 0.2) is 11.5 Å². The molecule has 2 aromatic rings. The lowest BCUT2D eigenvalue weighted by Crippen LogP contribution is -2.31. The maximum Gasteiger partial charge on any atom is 0.326 e. The second-order valence-corrected chi connectivity index (χ2v) is 4.70. The predicted molar refractivity (Wildman–Crippen MR) is 70.6 cm³/mol. The quantitative estimate of drug-likeness (QED) is 0.629. The van der Waals surface area contributed by atoms with Crippen LogP contribution < -0.4 is 11.1 Å². The number of aromatic amines is 1. The molecule has 0 bridgehead atoms. The molecule has 0 radical (unpaired) electrons. The van der Waals surface area contributed by atoms with E-state index < -0.39 is 12.0 Å². The first-order chi connectivity index (χ1) is 8.97. The van der Waals surface area contributed by atoms with Crippen LogP contribution in [-0.4, -0.2) is 37.1 Å². The summed E-state index contributed by atoms with van der Waals surface area (Å²) in [5, 5.41) is 12.1. The van der Waals surface area contributed by atoms with Gasteiger partial charge in [0.2, 0.25) is 5.95 Å². The molecule has 0 fully saturated rings. The van der Waals surface area contributed by atoms with Gasteiger partial charge in [0.25, 0.3) is 0 Å². The van der Waals surface area contributed by atoms with E-state index >= 15 is 0 Å². The molecule has 0 aliphatic heterocycles. The number of rotatable bonds is 5. The van der Waals surface area contributed by atoms with E-state index in [0.717, 1.165) is 0 Å². The molecule has 1 atom stereocenters. The first-order valence-electron chi connectivity index (χ1n) is 5.93. The number of H-pyrrole nitrogens is 1. The zero-order valence-corrected chi connectivity index (χ0v) is 10.7. The number of fused-ring (bicyclic) bond motifs is 1. The Hall–Kier alpha value is -2.38. The molecule has 0 aromatic carbocycles. The smallest absolute Gasteiger partial charge is 0.326 e. The number of nitrogens with two attached hydrogens (primary N) is 1. The normalized spacial score (nSPS) is 12.8. The van der Waals surface area contributed by atoms with Crippen LogP contribution in [0.1, 0.15) is 20.3 Å². The van der Waals surface area contributed by atoms with Crippen molar-refractivity contribution in [3.8, 4) is 0 Å². The Bertz CT molecular complexity index is 594. The van der Waals surface area contributed by atoms with Crippen molar-refractivity contribution in [3.05, 3.63) is 6.33 Å². The lowest BCUT2D eigenvalue weighted by molar-refractivity contribution is -0.138. The van der Waals surface area contributed by atoms with Gasteiger partial charge in [-0.25, -0.2) is 9.78 Å². The van der Waals surface area contributed by atoms with Crippen molar-refractivity contribution in [1.29, 1.82) is 0 Å². The molecule has 2 aromatic heterocycles. The van der Waals surface area contributed by atoms with Gasteiger partial charge in [-0.05, 0) is 12.3 Å². The molecule has 102 valence electrons. The van der Waals surface area contributed by atoms with E-state index in [-0.39, 0.29) is 11.9 Å². The Morgan fingerprint density at radius 1 is 1.53 bits per heavy atom. The van der Waals surface area contributed by atoms with E-state index in [1.807, 2.05) is 13.8 Å². The summed E-state index contributed by atoms with van der Waals surface area (Å²) in [5.74, 6) is -0.285. The van der Waals surface area contributed by atoms with Gasteiger partial charge < -0.3 is 21.1 Å². The highest BCUT2D eigenvalue weighted by Crippen LogP contribution is 2.19. The van der Waals surface area contributed by atoms with Gasteiger partial charge in [-0.15, -0.1) is 0 Å². The summed E-state index contributed by atoms with van der Waals surface area (Å²) in [6.07, 6.45) is 1.94. The van der Waals surface area contributed by atoms with Crippen LogP contribution in [0.5, 0.6) is 0 Å². The number of carboxylic acid groups (broad SMARTS) is 1. The van der Waals surface area contributed by atoms with Crippen molar-refractivity contribution < 1.29 is 9.90 Å². The second kappa shape index (κ2) is 5.09. The van der Waals surface area contributed by atoms with Gasteiger partial charge in [0.1, 0.15) is 11.6 Å². The Morgan fingerprint density at radius 3 is 2.89 bits per heavy atom. The first kappa shape index (κ1) is 13.1. The van der Waals surface area contributed by atoms with Crippen molar-refractivity contribution in [3.63, 3.8) is 0 Å². The molecular weight excluding hydrogens is 248 g/mol. The second-order valence-electron chi connectivity index (χ2n) is 4.70. The SMILES string of the molecule is CC(C)C[C@@H](Nc1nc(N)nc2nc[nH]c12)C(=O)O. The lowest BCUT2D eigenvalue weighted by atomic mass is 10.0. The van der Waals surface area contributed by atoms with Gasteiger partial charge in [-0.1, -0.05) is 13.8 Å². The highest BCUT2D eigenvalue weighted by Gasteiger charge is 2.21. The minimum Gasteiger partial charge on any atom is -0.480 e. The highest BCUT2D eigenvalue weighted by molar-refractivity contribution is 5.86. The van der Waals surface area contributed by atoms with Crippen molar-refractivity contribution in [2.45, 2.75) is 26.3 Å². The molecule has 0 unspecified atom stereocenters. The number of carbonyl (C=O) groups is 1. The standard InChI is InChI=1S/C11H16N6O2/c1-5(2)3-6(10(18)19)15-9-7-8(14-4-13-7)16-11(12)17-9/h4-6H,3H2,1-2H3,(H,18,19)(H4,12,13,14,15,16,17)/t6-/m1/s1. The van der Waals surface area contributed by atoms with Crippen molar-refractivity contribution in [1.82, 2.24) is 19.9 Å². The van der Waals surface area contributed by atoms with Crippen LogP contribution in [0.3, 0.4) is 0 Å². The van der Waals surface area contributed by atoms with Gasteiger partial charge in [-0.3, -0.25) is 0 Å². The maximum atomic E-state index is 11.2. The zero-order valence-electron chi connectivity index (χ0n) is 10.7. The molecule has 0 aliphatic carbocycles. The number of nitrogen functional groups attached to an aromatic ring is 1. The number of nitrogens with one attached hydrogen (secondary N) is 2. The van der Waals surface area contributed by atoms with Crippen LogP contribution in [0.4, 0.5) is 11.8 Å². The summed E-state index contributed by atoms with van der Waals surface area (Å²) < 4.78 is 0. The molecule has 2 heterocycles. The Kier molecular flexibility index (Phi) is 3.50. The third-order valence-corrected chi connectivity index (χ3v) is 2.62. The Balaban J connectivity index is 2.32. The number of aliphatic carboxylic acids is 1. The number of aromatic nitrogens is 4. The third-order valence-electron chi connectivity index (χ3n) is 2.62. The summed E-state index contributed by atoms with van der Waals surface area (Å²) in [6.45, 7) is 3.91. The fourth-order valence-corrected chi connectivity index (χ4v) is 1.81. The monoisotopic (exact) mass is 264 g/mol. The molecule has 0 saturated carbocycles.